The van der Waals surface area contributed by atoms with E-state index in [4.69, 9.17) is 21.3 Å². The second kappa shape index (κ2) is 7.73. The fourth-order valence-corrected chi connectivity index (χ4v) is 4.00. The number of methoxy groups -OCH3 is 1. The second-order valence-electron chi connectivity index (χ2n) is 6.28. The minimum Gasteiger partial charge on any atom is -0.495 e. The number of aromatic nitrogens is 3. The van der Waals surface area contributed by atoms with Gasteiger partial charge in [-0.2, -0.15) is 5.10 Å². The first kappa shape index (κ1) is 19.2. The number of benzene rings is 1. The fourth-order valence-electron chi connectivity index (χ4n) is 2.97. The van der Waals surface area contributed by atoms with Gasteiger partial charge in [0.05, 0.1) is 40.3 Å². The molecule has 3 aromatic heterocycles. The number of rotatable bonds is 5. The van der Waals surface area contributed by atoms with E-state index in [1.54, 1.807) is 37.2 Å². The number of amides is 1. The van der Waals surface area contributed by atoms with Crippen molar-refractivity contribution in [1.29, 1.82) is 0 Å². The monoisotopic (exact) mass is 427 g/mol. The lowest BCUT2D eigenvalue weighted by Gasteiger charge is -2.14. The number of anilines is 2. The summed E-state index contributed by atoms with van der Waals surface area (Å²) in [4.78, 5) is 17.2. The lowest BCUT2D eigenvalue weighted by atomic mass is 10.2. The molecule has 0 saturated heterocycles. The standard InChI is InChI=1S/C20H18ClN5O2S/c1-11-15(25-18-14(21)5-4-6-16(18)28-3)7-12-9-23-26(19(12)24-11)13-8-17(29-10-13)20(27)22-2/h4-10,25H,1-3H3,(H,22,27). The molecule has 0 spiro atoms. The molecule has 0 fully saturated rings. The summed E-state index contributed by atoms with van der Waals surface area (Å²) >= 11 is 7.70. The average molecular weight is 428 g/mol. The Bertz CT molecular complexity index is 1220. The van der Waals surface area contributed by atoms with Gasteiger partial charge in [-0.15, -0.1) is 11.3 Å². The van der Waals surface area contributed by atoms with Crippen molar-refractivity contribution in [3.8, 4) is 11.4 Å². The predicted octanol–water partition coefficient (Wildman–Crippen LogP) is 4.56. The second-order valence-corrected chi connectivity index (χ2v) is 7.60. The molecule has 0 aliphatic heterocycles. The number of hydrogen-bond donors (Lipinski definition) is 2. The van der Waals surface area contributed by atoms with Crippen LogP contribution in [0.5, 0.6) is 5.75 Å². The van der Waals surface area contributed by atoms with Crippen molar-refractivity contribution in [2.75, 3.05) is 19.5 Å². The molecule has 4 rings (SSSR count). The highest BCUT2D eigenvalue weighted by atomic mass is 35.5. The topological polar surface area (TPSA) is 81.1 Å². The number of ether oxygens (including phenoxy) is 1. The van der Waals surface area contributed by atoms with Gasteiger partial charge in [0.15, 0.2) is 5.65 Å². The molecule has 0 aliphatic rings. The number of carbonyl (C=O) groups is 1. The first-order valence-corrected chi connectivity index (χ1v) is 10.0. The molecule has 148 valence electrons. The molecule has 1 amide bonds. The van der Waals surface area contributed by atoms with Crippen LogP contribution in [0.1, 0.15) is 15.4 Å². The van der Waals surface area contributed by atoms with E-state index < -0.39 is 0 Å². The molecular formula is C20H18ClN5O2S. The van der Waals surface area contributed by atoms with Gasteiger partial charge in [0.25, 0.3) is 5.91 Å². The van der Waals surface area contributed by atoms with Gasteiger partial charge in [-0.25, -0.2) is 9.67 Å². The lowest BCUT2D eigenvalue weighted by molar-refractivity contribution is 0.0967. The summed E-state index contributed by atoms with van der Waals surface area (Å²) in [7, 11) is 3.21. The zero-order chi connectivity index (χ0) is 20.5. The maximum Gasteiger partial charge on any atom is 0.261 e. The zero-order valence-electron chi connectivity index (χ0n) is 16.0. The minimum absolute atomic E-state index is 0.123. The summed E-state index contributed by atoms with van der Waals surface area (Å²) < 4.78 is 7.13. The van der Waals surface area contributed by atoms with Crippen LogP contribution in [0.15, 0.2) is 41.9 Å². The van der Waals surface area contributed by atoms with Gasteiger partial charge in [-0.1, -0.05) is 17.7 Å². The van der Waals surface area contributed by atoms with Gasteiger partial charge in [0.1, 0.15) is 11.4 Å². The number of nitrogens with zero attached hydrogens (tertiary/aromatic N) is 3. The molecule has 1 aromatic carbocycles. The minimum atomic E-state index is -0.123. The highest BCUT2D eigenvalue weighted by Gasteiger charge is 2.15. The largest absolute Gasteiger partial charge is 0.495 e. The maximum absolute atomic E-state index is 11.8. The summed E-state index contributed by atoms with van der Waals surface area (Å²) in [5.74, 6) is 0.523. The van der Waals surface area contributed by atoms with Gasteiger partial charge >= 0.3 is 0 Å². The molecule has 0 radical (unpaired) electrons. The number of pyridine rings is 1. The first-order valence-electron chi connectivity index (χ1n) is 8.77. The van der Waals surface area contributed by atoms with Crippen LogP contribution >= 0.6 is 22.9 Å². The summed E-state index contributed by atoms with van der Waals surface area (Å²) in [5.41, 5.74) is 3.77. The van der Waals surface area contributed by atoms with E-state index in [2.05, 4.69) is 15.7 Å². The van der Waals surface area contributed by atoms with Crippen LogP contribution in [-0.4, -0.2) is 34.8 Å². The van der Waals surface area contributed by atoms with E-state index in [1.165, 1.54) is 11.3 Å². The summed E-state index contributed by atoms with van der Waals surface area (Å²) in [5, 5.41) is 13.7. The highest BCUT2D eigenvalue weighted by molar-refractivity contribution is 7.12. The van der Waals surface area contributed by atoms with E-state index >= 15 is 0 Å². The van der Waals surface area contributed by atoms with Crippen LogP contribution in [0.25, 0.3) is 16.7 Å². The van der Waals surface area contributed by atoms with Crippen molar-refractivity contribution in [2.24, 2.45) is 0 Å². The quantitative estimate of drug-likeness (QED) is 0.488. The highest BCUT2D eigenvalue weighted by Crippen LogP contribution is 2.36. The van der Waals surface area contributed by atoms with Crippen molar-refractivity contribution < 1.29 is 9.53 Å². The molecule has 0 saturated carbocycles. The van der Waals surface area contributed by atoms with Gasteiger partial charge < -0.3 is 15.4 Å². The number of nitrogens with one attached hydrogen (secondary N) is 2. The fraction of sp³-hybridized carbons (Fsp3) is 0.150. The Kier molecular flexibility index (Phi) is 5.12. The van der Waals surface area contributed by atoms with Gasteiger partial charge in [-0.3, -0.25) is 4.79 Å². The number of thiophene rings is 1. The normalized spacial score (nSPS) is 10.9. The zero-order valence-corrected chi connectivity index (χ0v) is 17.6. The van der Waals surface area contributed by atoms with Crippen molar-refractivity contribution in [1.82, 2.24) is 20.1 Å². The summed E-state index contributed by atoms with van der Waals surface area (Å²) in [6, 6.07) is 9.24. The van der Waals surface area contributed by atoms with E-state index in [9.17, 15) is 4.79 Å². The molecule has 9 heteroatoms. The molecule has 0 atom stereocenters. The lowest BCUT2D eigenvalue weighted by Crippen LogP contribution is -2.16. The number of carbonyl (C=O) groups excluding carboxylic acids is 1. The van der Waals surface area contributed by atoms with E-state index in [0.29, 0.717) is 27.0 Å². The van der Waals surface area contributed by atoms with Crippen molar-refractivity contribution >= 4 is 51.3 Å². The SMILES string of the molecule is CNC(=O)c1cc(-n2ncc3cc(Nc4c(Cl)cccc4OC)c(C)nc32)cs1. The van der Waals surface area contributed by atoms with Crippen LogP contribution in [-0.2, 0) is 0 Å². The third-order valence-electron chi connectivity index (χ3n) is 4.47. The molecule has 2 N–H and O–H groups in total. The number of para-hydroxylation sites is 1. The third-order valence-corrected chi connectivity index (χ3v) is 5.70. The smallest absolute Gasteiger partial charge is 0.261 e. The number of fused-ring (bicyclic) bond motifs is 1. The van der Waals surface area contributed by atoms with Crippen LogP contribution < -0.4 is 15.4 Å². The Morgan fingerprint density at radius 1 is 1.31 bits per heavy atom. The van der Waals surface area contributed by atoms with Gasteiger partial charge in [0, 0.05) is 17.8 Å². The van der Waals surface area contributed by atoms with Crippen LogP contribution in [0.4, 0.5) is 11.4 Å². The molecule has 7 nitrogen and oxygen atoms in total. The Morgan fingerprint density at radius 3 is 2.90 bits per heavy atom. The van der Waals surface area contributed by atoms with E-state index in [1.807, 2.05) is 30.5 Å². The molecule has 3 heterocycles. The van der Waals surface area contributed by atoms with Crippen molar-refractivity contribution in [3.63, 3.8) is 0 Å². The van der Waals surface area contributed by atoms with Crippen LogP contribution in [0.2, 0.25) is 5.02 Å². The first-order chi connectivity index (χ1) is 14.0. The Hall–Kier alpha value is -3.10. The molecule has 0 bridgehead atoms. The number of aryl methyl sites for hydroxylation is 1. The molecular weight excluding hydrogens is 410 g/mol. The number of hydrogen-bond acceptors (Lipinski definition) is 6. The maximum atomic E-state index is 11.8. The van der Waals surface area contributed by atoms with E-state index in [-0.39, 0.29) is 5.91 Å². The number of halogens is 1. The van der Waals surface area contributed by atoms with E-state index in [0.717, 1.165) is 22.5 Å². The Labute approximate surface area is 176 Å². The Balaban J connectivity index is 1.73. The van der Waals surface area contributed by atoms with Crippen LogP contribution in [0, 0.1) is 6.92 Å². The predicted molar refractivity (Wildman–Crippen MR) is 116 cm³/mol. The van der Waals surface area contributed by atoms with Gasteiger partial charge in [-0.05, 0) is 31.2 Å². The van der Waals surface area contributed by atoms with Gasteiger partial charge in [0.2, 0.25) is 0 Å². The average Bonchev–Trinajstić information content (AvgIpc) is 3.36. The molecule has 0 aliphatic carbocycles. The molecule has 0 unspecified atom stereocenters. The summed E-state index contributed by atoms with van der Waals surface area (Å²) in [6.45, 7) is 1.91. The third kappa shape index (κ3) is 3.52. The summed E-state index contributed by atoms with van der Waals surface area (Å²) in [6.07, 6.45) is 1.74. The molecule has 4 aromatic rings. The van der Waals surface area contributed by atoms with Crippen LogP contribution in [0.3, 0.4) is 0 Å². The Morgan fingerprint density at radius 2 is 2.14 bits per heavy atom. The van der Waals surface area contributed by atoms with Crippen molar-refractivity contribution in [3.05, 3.63) is 57.5 Å². The molecule has 29 heavy (non-hydrogen) atoms. The van der Waals surface area contributed by atoms with Crippen molar-refractivity contribution in [2.45, 2.75) is 6.92 Å².